The lowest BCUT2D eigenvalue weighted by Gasteiger charge is -2.27. The largest absolute Gasteiger partial charge is 0.332 e. The van der Waals surface area contributed by atoms with E-state index in [-0.39, 0.29) is 11.7 Å². The van der Waals surface area contributed by atoms with Gasteiger partial charge in [-0.15, -0.1) is 0 Å². The summed E-state index contributed by atoms with van der Waals surface area (Å²) >= 11 is 0. The minimum absolute atomic E-state index is 0.0184. The Labute approximate surface area is 131 Å². The van der Waals surface area contributed by atoms with Gasteiger partial charge in [0.1, 0.15) is 0 Å². The van der Waals surface area contributed by atoms with Crippen molar-refractivity contribution in [1.82, 2.24) is 19.4 Å². The van der Waals surface area contributed by atoms with E-state index in [0.717, 1.165) is 38.4 Å². The minimum Gasteiger partial charge on any atom is -0.314 e. The molecule has 0 atom stereocenters. The molecule has 1 aliphatic heterocycles. The summed E-state index contributed by atoms with van der Waals surface area (Å²) < 4.78 is 3.45. The van der Waals surface area contributed by atoms with E-state index in [4.69, 9.17) is 0 Å². The second kappa shape index (κ2) is 6.50. The van der Waals surface area contributed by atoms with E-state index in [1.807, 2.05) is 38.4 Å². The molecule has 1 aromatic carbocycles. The van der Waals surface area contributed by atoms with Gasteiger partial charge in [0.15, 0.2) is 0 Å². The normalized spacial score (nSPS) is 16.3. The van der Waals surface area contributed by atoms with Gasteiger partial charge in [0.25, 0.3) is 0 Å². The van der Waals surface area contributed by atoms with Gasteiger partial charge >= 0.3 is 5.69 Å². The molecule has 2 heterocycles. The Bertz CT molecular complexity index is 663. The highest BCUT2D eigenvalue weighted by atomic mass is 16.1. The highest BCUT2D eigenvalue weighted by Gasteiger charge is 2.11. The second-order valence-electron chi connectivity index (χ2n) is 6.14. The van der Waals surface area contributed by atoms with Gasteiger partial charge in [0, 0.05) is 51.2 Å². The Hall–Kier alpha value is -1.85. The van der Waals surface area contributed by atoms with Crippen molar-refractivity contribution < 1.29 is 0 Å². The summed E-state index contributed by atoms with van der Waals surface area (Å²) in [6, 6.07) is 8.49. The number of hydrogen-bond acceptors (Lipinski definition) is 3. The molecule has 0 saturated carbocycles. The van der Waals surface area contributed by atoms with Gasteiger partial charge in [0.05, 0.1) is 5.69 Å². The fraction of sp³-hybridized carbons (Fsp3) is 0.471. The lowest BCUT2D eigenvalue weighted by atomic mass is 10.2. The van der Waals surface area contributed by atoms with Crippen molar-refractivity contribution in [1.29, 1.82) is 0 Å². The van der Waals surface area contributed by atoms with Crippen molar-refractivity contribution >= 4 is 0 Å². The molecule has 0 amide bonds. The molecular formula is C17H24N4O. The number of imidazole rings is 1. The average molecular weight is 300 g/mol. The summed E-state index contributed by atoms with van der Waals surface area (Å²) in [5.41, 5.74) is 2.24. The summed E-state index contributed by atoms with van der Waals surface area (Å²) in [7, 11) is 0. The fourth-order valence-electron chi connectivity index (χ4n) is 2.87. The fourth-order valence-corrected chi connectivity index (χ4v) is 2.87. The third kappa shape index (κ3) is 3.15. The van der Waals surface area contributed by atoms with Crippen LogP contribution in [0, 0.1) is 0 Å². The number of nitrogens with zero attached hydrogens (tertiary/aromatic N) is 3. The lowest BCUT2D eigenvalue weighted by Crippen LogP contribution is -2.42. The van der Waals surface area contributed by atoms with Crippen molar-refractivity contribution in [3.63, 3.8) is 0 Å². The van der Waals surface area contributed by atoms with Gasteiger partial charge in [-0.05, 0) is 31.5 Å². The minimum atomic E-state index is 0.0184. The van der Waals surface area contributed by atoms with Crippen LogP contribution in [0.5, 0.6) is 0 Å². The second-order valence-corrected chi connectivity index (χ2v) is 6.14. The van der Waals surface area contributed by atoms with Crippen LogP contribution < -0.4 is 11.0 Å². The standard InChI is InChI=1S/C17H24N4O/c1-14(2)20-11-12-21(17(20)22)16-5-3-15(4-6-16)13-19-9-7-18-8-10-19/h3-6,11-12,14,18H,7-10,13H2,1-2H3. The van der Waals surface area contributed by atoms with Crippen molar-refractivity contribution in [2.45, 2.75) is 26.4 Å². The Balaban J connectivity index is 1.75. The average Bonchev–Trinajstić information content (AvgIpc) is 2.91. The Morgan fingerprint density at radius 1 is 1.09 bits per heavy atom. The highest BCUT2D eigenvalue weighted by molar-refractivity contribution is 5.34. The molecule has 5 heteroatoms. The quantitative estimate of drug-likeness (QED) is 0.933. The molecule has 5 nitrogen and oxygen atoms in total. The van der Waals surface area contributed by atoms with Crippen LogP contribution in [0.3, 0.4) is 0 Å². The maximum Gasteiger partial charge on any atom is 0.332 e. The van der Waals surface area contributed by atoms with Crippen LogP contribution >= 0.6 is 0 Å². The topological polar surface area (TPSA) is 42.2 Å². The maximum absolute atomic E-state index is 12.3. The third-order valence-electron chi connectivity index (χ3n) is 4.19. The van der Waals surface area contributed by atoms with E-state index in [0.29, 0.717) is 0 Å². The smallest absolute Gasteiger partial charge is 0.314 e. The lowest BCUT2D eigenvalue weighted by molar-refractivity contribution is 0.233. The van der Waals surface area contributed by atoms with Crippen LogP contribution in [0.2, 0.25) is 0 Å². The molecule has 1 aliphatic rings. The van der Waals surface area contributed by atoms with Crippen LogP contribution in [0.15, 0.2) is 41.5 Å². The van der Waals surface area contributed by atoms with Crippen LogP contribution in [0.4, 0.5) is 0 Å². The zero-order valence-corrected chi connectivity index (χ0v) is 13.3. The van der Waals surface area contributed by atoms with Crippen molar-refractivity contribution in [3.05, 3.63) is 52.7 Å². The number of rotatable bonds is 4. The molecule has 118 valence electrons. The predicted molar refractivity (Wildman–Crippen MR) is 88.6 cm³/mol. The monoisotopic (exact) mass is 300 g/mol. The van der Waals surface area contributed by atoms with E-state index in [2.05, 4.69) is 22.3 Å². The molecular weight excluding hydrogens is 276 g/mol. The Morgan fingerprint density at radius 2 is 1.77 bits per heavy atom. The molecule has 2 aromatic rings. The van der Waals surface area contributed by atoms with E-state index < -0.39 is 0 Å². The van der Waals surface area contributed by atoms with Crippen LogP contribution in [-0.4, -0.2) is 40.2 Å². The predicted octanol–water partition coefficient (Wildman–Crippen LogP) is 1.63. The maximum atomic E-state index is 12.3. The highest BCUT2D eigenvalue weighted by Crippen LogP contribution is 2.11. The van der Waals surface area contributed by atoms with Crippen molar-refractivity contribution in [3.8, 4) is 5.69 Å². The van der Waals surface area contributed by atoms with Gasteiger partial charge < -0.3 is 5.32 Å². The molecule has 1 fully saturated rings. The van der Waals surface area contributed by atoms with Gasteiger partial charge in [-0.2, -0.15) is 0 Å². The summed E-state index contributed by atoms with van der Waals surface area (Å²) in [5.74, 6) is 0. The molecule has 0 aliphatic carbocycles. The van der Waals surface area contributed by atoms with Gasteiger partial charge in [-0.25, -0.2) is 4.79 Å². The molecule has 1 N–H and O–H groups in total. The third-order valence-corrected chi connectivity index (χ3v) is 4.19. The Morgan fingerprint density at radius 3 is 2.36 bits per heavy atom. The zero-order valence-electron chi connectivity index (χ0n) is 13.3. The first-order valence-electron chi connectivity index (χ1n) is 7.97. The molecule has 22 heavy (non-hydrogen) atoms. The summed E-state index contributed by atoms with van der Waals surface area (Å²) in [6.45, 7) is 9.33. The number of aromatic nitrogens is 2. The zero-order chi connectivity index (χ0) is 15.5. The van der Waals surface area contributed by atoms with E-state index >= 15 is 0 Å². The van der Waals surface area contributed by atoms with Gasteiger partial charge in [0.2, 0.25) is 0 Å². The molecule has 1 aromatic heterocycles. The van der Waals surface area contributed by atoms with E-state index in [9.17, 15) is 4.79 Å². The molecule has 0 unspecified atom stereocenters. The van der Waals surface area contributed by atoms with Crippen LogP contribution in [0.25, 0.3) is 5.69 Å². The first-order chi connectivity index (χ1) is 10.6. The van der Waals surface area contributed by atoms with Gasteiger partial charge in [-0.3, -0.25) is 14.0 Å². The first kappa shape index (κ1) is 15.1. The number of benzene rings is 1. The van der Waals surface area contributed by atoms with Gasteiger partial charge in [-0.1, -0.05) is 12.1 Å². The van der Waals surface area contributed by atoms with Crippen LogP contribution in [-0.2, 0) is 6.54 Å². The summed E-state index contributed by atoms with van der Waals surface area (Å²) in [6.07, 6.45) is 3.69. The molecule has 0 spiro atoms. The molecule has 0 bridgehead atoms. The van der Waals surface area contributed by atoms with Crippen molar-refractivity contribution in [2.24, 2.45) is 0 Å². The summed E-state index contributed by atoms with van der Waals surface area (Å²) in [5, 5.41) is 3.37. The van der Waals surface area contributed by atoms with E-state index in [1.54, 1.807) is 9.13 Å². The summed E-state index contributed by atoms with van der Waals surface area (Å²) in [4.78, 5) is 14.8. The number of piperazine rings is 1. The van der Waals surface area contributed by atoms with E-state index in [1.165, 1.54) is 5.56 Å². The molecule has 0 radical (unpaired) electrons. The van der Waals surface area contributed by atoms with Crippen molar-refractivity contribution in [2.75, 3.05) is 26.2 Å². The number of nitrogens with one attached hydrogen (secondary N) is 1. The first-order valence-corrected chi connectivity index (χ1v) is 7.97. The van der Waals surface area contributed by atoms with Crippen LogP contribution in [0.1, 0.15) is 25.5 Å². The molecule has 3 rings (SSSR count). The number of hydrogen-bond donors (Lipinski definition) is 1. The molecule has 1 saturated heterocycles. The SMILES string of the molecule is CC(C)n1ccn(-c2ccc(CN3CCNCC3)cc2)c1=O. The Kier molecular flexibility index (Phi) is 4.45.